The Hall–Kier alpha value is -1.46. The lowest BCUT2D eigenvalue weighted by Crippen LogP contribution is -2.02. The maximum Gasteiger partial charge on any atom is 0.161 e. The molecule has 6 heteroatoms. The maximum absolute atomic E-state index is 6.05. The molecule has 21 heavy (non-hydrogen) atoms. The number of aromatic nitrogens is 1. The van der Waals surface area contributed by atoms with Gasteiger partial charge < -0.3 is 14.8 Å². The summed E-state index contributed by atoms with van der Waals surface area (Å²) >= 11 is 9.43. The van der Waals surface area contributed by atoms with Gasteiger partial charge in [-0.3, -0.25) is 0 Å². The third kappa shape index (κ3) is 4.25. The van der Waals surface area contributed by atoms with E-state index in [1.807, 2.05) is 31.2 Å². The molecule has 0 bridgehead atoms. The normalized spacial score (nSPS) is 10.3. The van der Waals surface area contributed by atoms with Crippen LogP contribution >= 0.6 is 27.5 Å². The Balaban J connectivity index is 2.12. The minimum atomic E-state index is 0.441. The van der Waals surface area contributed by atoms with E-state index in [0.717, 1.165) is 27.2 Å². The summed E-state index contributed by atoms with van der Waals surface area (Å²) in [5.74, 6) is 1.46. The molecule has 1 aromatic heterocycles. The molecule has 0 saturated carbocycles. The van der Waals surface area contributed by atoms with Crippen LogP contribution in [0.25, 0.3) is 0 Å². The summed E-state index contributed by atoms with van der Waals surface area (Å²) in [6.07, 6.45) is 1.66. The molecule has 4 nitrogen and oxygen atoms in total. The van der Waals surface area contributed by atoms with E-state index in [-0.39, 0.29) is 0 Å². The van der Waals surface area contributed by atoms with E-state index in [9.17, 15) is 0 Å². The van der Waals surface area contributed by atoms with Crippen LogP contribution in [-0.2, 0) is 6.54 Å². The van der Waals surface area contributed by atoms with Crippen LogP contribution in [0.5, 0.6) is 11.5 Å². The van der Waals surface area contributed by atoms with Crippen LogP contribution in [0.3, 0.4) is 0 Å². The number of benzene rings is 1. The van der Waals surface area contributed by atoms with Gasteiger partial charge in [0.15, 0.2) is 16.7 Å². The highest BCUT2D eigenvalue weighted by molar-refractivity contribution is 9.10. The van der Waals surface area contributed by atoms with E-state index in [0.29, 0.717) is 18.3 Å². The predicted octanol–water partition coefficient (Wildman–Crippen LogP) is 4.52. The highest BCUT2D eigenvalue weighted by atomic mass is 79.9. The van der Waals surface area contributed by atoms with Crippen molar-refractivity contribution in [1.82, 2.24) is 4.98 Å². The molecule has 2 rings (SSSR count). The molecule has 1 heterocycles. The Morgan fingerprint density at radius 2 is 2.10 bits per heavy atom. The number of methoxy groups -OCH3 is 1. The standard InChI is InChI=1S/C15H16BrClN2O2/c1-3-21-14-6-10(4-5-13(14)20-2)8-18-12-7-11(16)9-19-15(12)17/h4-7,9,18H,3,8H2,1-2H3. The van der Waals surface area contributed by atoms with Gasteiger partial charge in [0.25, 0.3) is 0 Å². The van der Waals surface area contributed by atoms with Gasteiger partial charge in [-0.05, 0) is 46.6 Å². The smallest absolute Gasteiger partial charge is 0.161 e. The molecule has 1 aromatic carbocycles. The van der Waals surface area contributed by atoms with Crippen molar-refractivity contribution in [3.05, 3.63) is 45.7 Å². The van der Waals surface area contributed by atoms with Crippen LogP contribution in [0.1, 0.15) is 12.5 Å². The molecular formula is C15H16BrClN2O2. The molecule has 0 aliphatic carbocycles. The van der Waals surface area contributed by atoms with Crippen LogP contribution in [0.15, 0.2) is 34.9 Å². The summed E-state index contributed by atoms with van der Waals surface area (Å²) in [7, 11) is 1.63. The van der Waals surface area contributed by atoms with E-state index in [1.165, 1.54) is 0 Å². The zero-order chi connectivity index (χ0) is 15.2. The number of anilines is 1. The van der Waals surface area contributed by atoms with Crippen molar-refractivity contribution >= 4 is 33.2 Å². The van der Waals surface area contributed by atoms with Gasteiger partial charge in [0.05, 0.1) is 19.4 Å². The summed E-state index contributed by atoms with van der Waals surface area (Å²) in [4.78, 5) is 4.08. The van der Waals surface area contributed by atoms with Crippen molar-refractivity contribution in [3.63, 3.8) is 0 Å². The minimum Gasteiger partial charge on any atom is -0.493 e. The molecule has 0 radical (unpaired) electrons. The quantitative estimate of drug-likeness (QED) is 0.758. The first kappa shape index (κ1) is 15.9. The second-order valence-corrected chi connectivity index (χ2v) is 5.54. The van der Waals surface area contributed by atoms with Crippen molar-refractivity contribution in [3.8, 4) is 11.5 Å². The monoisotopic (exact) mass is 370 g/mol. The molecule has 0 aliphatic rings. The number of pyridine rings is 1. The molecule has 112 valence electrons. The average molecular weight is 372 g/mol. The van der Waals surface area contributed by atoms with Crippen molar-refractivity contribution in [2.75, 3.05) is 19.0 Å². The average Bonchev–Trinajstić information content (AvgIpc) is 2.49. The number of ether oxygens (including phenoxy) is 2. The zero-order valence-corrected chi connectivity index (χ0v) is 14.2. The fourth-order valence-corrected chi connectivity index (χ4v) is 2.34. The number of nitrogens with one attached hydrogen (secondary N) is 1. The van der Waals surface area contributed by atoms with E-state index < -0.39 is 0 Å². The van der Waals surface area contributed by atoms with Crippen LogP contribution in [0, 0.1) is 0 Å². The largest absolute Gasteiger partial charge is 0.493 e. The Kier molecular flexibility index (Phi) is 5.70. The molecule has 1 N–H and O–H groups in total. The van der Waals surface area contributed by atoms with E-state index in [1.54, 1.807) is 13.3 Å². The Bertz CT molecular complexity index is 623. The molecule has 0 atom stereocenters. The second kappa shape index (κ2) is 7.52. The van der Waals surface area contributed by atoms with E-state index >= 15 is 0 Å². The number of halogens is 2. The Morgan fingerprint density at radius 3 is 2.81 bits per heavy atom. The fraction of sp³-hybridized carbons (Fsp3) is 0.267. The van der Waals surface area contributed by atoms with Gasteiger partial charge in [0.2, 0.25) is 0 Å². The Labute approximate surface area is 137 Å². The topological polar surface area (TPSA) is 43.4 Å². The number of hydrogen-bond acceptors (Lipinski definition) is 4. The first-order valence-corrected chi connectivity index (χ1v) is 7.65. The summed E-state index contributed by atoms with van der Waals surface area (Å²) in [6, 6.07) is 7.72. The van der Waals surface area contributed by atoms with Crippen LogP contribution in [0.4, 0.5) is 5.69 Å². The molecular weight excluding hydrogens is 356 g/mol. The van der Waals surface area contributed by atoms with Crippen molar-refractivity contribution in [1.29, 1.82) is 0 Å². The maximum atomic E-state index is 6.05. The number of rotatable bonds is 6. The molecule has 2 aromatic rings. The van der Waals surface area contributed by atoms with Gasteiger partial charge in [-0.25, -0.2) is 4.98 Å². The van der Waals surface area contributed by atoms with E-state index in [4.69, 9.17) is 21.1 Å². The van der Waals surface area contributed by atoms with Gasteiger partial charge in [0, 0.05) is 17.2 Å². The third-order valence-corrected chi connectivity index (χ3v) is 3.55. The molecule has 0 amide bonds. The second-order valence-electron chi connectivity index (χ2n) is 4.26. The van der Waals surface area contributed by atoms with Crippen LogP contribution < -0.4 is 14.8 Å². The molecule has 0 saturated heterocycles. The molecule has 0 spiro atoms. The predicted molar refractivity (Wildman–Crippen MR) is 88.4 cm³/mol. The third-order valence-electron chi connectivity index (χ3n) is 2.82. The van der Waals surface area contributed by atoms with Gasteiger partial charge in [-0.1, -0.05) is 17.7 Å². The SMILES string of the molecule is CCOc1cc(CNc2cc(Br)cnc2Cl)ccc1OC. The van der Waals surface area contributed by atoms with Crippen LogP contribution in [-0.4, -0.2) is 18.7 Å². The zero-order valence-electron chi connectivity index (χ0n) is 11.8. The Morgan fingerprint density at radius 1 is 1.29 bits per heavy atom. The molecule has 0 aliphatic heterocycles. The highest BCUT2D eigenvalue weighted by Crippen LogP contribution is 2.29. The van der Waals surface area contributed by atoms with Gasteiger partial charge in [-0.15, -0.1) is 0 Å². The summed E-state index contributed by atoms with van der Waals surface area (Å²) in [5.41, 5.74) is 1.84. The molecule has 0 unspecified atom stereocenters. The lowest BCUT2D eigenvalue weighted by molar-refractivity contribution is 0.310. The first-order chi connectivity index (χ1) is 10.1. The summed E-state index contributed by atoms with van der Waals surface area (Å²) in [6.45, 7) is 3.15. The fourth-order valence-electron chi connectivity index (χ4n) is 1.84. The van der Waals surface area contributed by atoms with Gasteiger partial charge >= 0.3 is 0 Å². The summed E-state index contributed by atoms with van der Waals surface area (Å²) in [5, 5.41) is 3.70. The lowest BCUT2D eigenvalue weighted by atomic mass is 10.2. The van der Waals surface area contributed by atoms with Crippen LogP contribution in [0.2, 0.25) is 5.15 Å². The van der Waals surface area contributed by atoms with Crippen molar-refractivity contribution in [2.24, 2.45) is 0 Å². The first-order valence-electron chi connectivity index (χ1n) is 6.48. The van der Waals surface area contributed by atoms with Gasteiger partial charge in [0.1, 0.15) is 0 Å². The van der Waals surface area contributed by atoms with Gasteiger partial charge in [-0.2, -0.15) is 0 Å². The lowest BCUT2D eigenvalue weighted by Gasteiger charge is -2.12. The van der Waals surface area contributed by atoms with Crippen molar-refractivity contribution in [2.45, 2.75) is 13.5 Å². The highest BCUT2D eigenvalue weighted by Gasteiger charge is 2.07. The number of hydrogen-bond donors (Lipinski definition) is 1. The van der Waals surface area contributed by atoms with Crippen molar-refractivity contribution < 1.29 is 9.47 Å². The number of nitrogens with zero attached hydrogens (tertiary/aromatic N) is 1. The van der Waals surface area contributed by atoms with E-state index in [2.05, 4.69) is 26.2 Å². The summed E-state index contributed by atoms with van der Waals surface area (Å²) < 4.78 is 11.7. The molecule has 0 fully saturated rings. The minimum absolute atomic E-state index is 0.441.